The Morgan fingerprint density at radius 2 is 2.00 bits per heavy atom. The minimum Gasteiger partial charge on any atom is -0.490 e. The highest BCUT2D eigenvalue weighted by Gasteiger charge is 2.35. The Balaban J connectivity index is 2.43. The van der Waals surface area contributed by atoms with Gasteiger partial charge in [0.05, 0.1) is 16.9 Å². The molecule has 0 aliphatic carbocycles. The Morgan fingerprint density at radius 3 is 2.52 bits per heavy atom. The molecule has 1 amide bonds. The van der Waals surface area contributed by atoms with Crippen molar-refractivity contribution in [2.24, 2.45) is 4.99 Å². The molecule has 0 unspecified atom stereocenters. The van der Waals surface area contributed by atoms with E-state index in [0.29, 0.717) is 15.6 Å². The highest BCUT2D eigenvalue weighted by molar-refractivity contribution is 8.18. The number of aliphatic imine (C=N–C) groups is 1. The van der Waals surface area contributed by atoms with Crippen LogP contribution in [0.5, 0.6) is 5.75 Å². The Kier molecular flexibility index (Phi) is 5.84. The van der Waals surface area contributed by atoms with Crippen LogP contribution in [-0.4, -0.2) is 40.1 Å². The first-order valence-corrected chi connectivity index (χ1v) is 8.69. The molecule has 1 aliphatic heterocycles. The van der Waals surface area contributed by atoms with Gasteiger partial charge in [0, 0.05) is 18.2 Å². The lowest BCUT2D eigenvalue weighted by Crippen LogP contribution is -2.35. The minimum absolute atomic E-state index is 0.0198. The maximum atomic E-state index is 12.7. The van der Waals surface area contributed by atoms with Gasteiger partial charge < -0.3 is 4.74 Å². The molecule has 1 aromatic carbocycles. The van der Waals surface area contributed by atoms with Gasteiger partial charge in [0.2, 0.25) is 0 Å². The van der Waals surface area contributed by atoms with Crippen molar-refractivity contribution >= 4 is 34.6 Å². The van der Waals surface area contributed by atoms with Crippen LogP contribution in [0.4, 0.5) is 5.69 Å². The third-order valence-electron chi connectivity index (χ3n) is 3.42. The average molecular weight is 363 g/mol. The average Bonchev–Trinajstić information content (AvgIpc) is 2.82. The quantitative estimate of drug-likeness (QED) is 0.452. The lowest BCUT2D eigenvalue weighted by atomic mass is 10.1. The van der Waals surface area contributed by atoms with E-state index in [9.17, 15) is 14.9 Å². The molecule has 25 heavy (non-hydrogen) atoms. The number of nitrogens with zero attached hydrogens (tertiary/aromatic N) is 3. The molecule has 1 heterocycles. The largest absolute Gasteiger partial charge is 0.490 e. The second-order valence-corrected chi connectivity index (χ2v) is 7.08. The van der Waals surface area contributed by atoms with Gasteiger partial charge >= 0.3 is 5.69 Å². The molecule has 0 radical (unpaired) electrons. The van der Waals surface area contributed by atoms with Crippen LogP contribution < -0.4 is 4.74 Å². The highest BCUT2D eigenvalue weighted by atomic mass is 32.2. The van der Waals surface area contributed by atoms with Crippen molar-refractivity contribution in [1.82, 2.24) is 4.90 Å². The van der Waals surface area contributed by atoms with Crippen molar-refractivity contribution in [2.75, 3.05) is 7.11 Å². The predicted octanol–water partition coefficient (Wildman–Crippen LogP) is 3.69. The number of carbonyl (C=O) groups is 1. The third-order valence-corrected chi connectivity index (χ3v) is 4.42. The second kappa shape index (κ2) is 7.69. The van der Waals surface area contributed by atoms with Gasteiger partial charge in [-0.3, -0.25) is 24.8 Å². The molecule has 1 saturated heterocycles. The summed E-state index contributed by atoms with van der Waals surface area (Å²) in [6, 6.07) is 4.66. The standard InChI is InChI=1S/C17H21N3O4S/c1-10(2)18-17-19(11(3)4)16(21)15(25-17)9-12-6-7-14(24-5)13(8-12)20(22)23/h6-11H,1-5H3/b15-9+,18-17?. The maximum Gasteiger partial charge on any atom is 0.311 e. The molecule has 7 nitrogen and oxygen atoms in total. The normalized spacial score (nSPS) is 18.0. The Labute approximate surface area is 150 Å². The number of benzene rings is 1. The van der Waals surface area contributed by atoms with Gasteiger partial charge in [0.25, 0.3) is 5.91 Å². The van der Waals surface area contributed by atoms with Gasteiger partial charge in [-0.2, -0.15) is 0 Å². The molecule has 8 heteroatoms. The molecule has 0 spiro atoms. The number of nitro benzene ring substituents is 1. The summed E-state index contributed by atoms with van der Waals surface area (Å²) in [5, 5.41) is 11.8. The number of hydrogen-bond donors (Lipinski definition) is 0. The van der Waals surface area contributed by atoms with E-state index >= 15 is 0 Å². The Morgan fingerprint density at radius 1 is 1.32 bits per heavy atom. The summed E-state index contributed by atoms with van der Waals surface area (Å²) >= 11 is 1.29. The molecule has 2 rings (SSSR count). The van der Waals surface area contributed by atoms with Crippen molar-refractivity contribution in [3.8, 4) is 5.75 Å². The zero-order valence-corrected chi connectivity index (χ0v) is 15.7. The highest BCUT2D eigenvalue weighted by Crippen LogP contribution is 2.35. The number of amides is 1. The van der Waals surface area contributed by atoms with E-state index in [4.69, 9.17) is 4.74 Å². The number of nitro groups is 1. The van der Waals surface area contributed by atoms with E-state index in [2.05, 4.69) is 4.99 Å². The van der Waals surface area contributed by atoms with E-state index in [-0.39, 0.29) is 29.4 Å². The fraction of sp³-hybridized carbons (Fsp3) is 0.412. The number of ether oxygens (including phenoxy) is 1. The number of rotatable bonds is 5. The first-order valence-electron chi connectivity index (χ1n) is 7.88. The summed E-state index contributed by atoms with van der Waals surface area (Å²) < 4.78 is 5.00. The molecule has 1 aromatic rings. The minimum atomic E-state index is -0.503. The van der Waals surface area contributed by atoms with Gasteiger partial charge in [0.1, 0.15) is 0 Å². The van der Waals surface area contributed by atoms with Crippen LogP contribution in [0, 0.1) is 10.1 Å². The first-order chi connectivity index (χ1) is 11.7. The molecular weight excluding hydrogens is 342 g/mol. The Hall–Kier alpha value is -2.35. The van der Waals surface area contributed by atoms with Crippen molar-refractivity contribution in [2.45, 2.75) is 39.8 Å². The van der Waals surface area contributed by atoms with Crippen LogP contribution in [0.3, 0.4) is 0 Å². The SMILES string of the molecule is COc1ccc(/C=C2/SC(=NC(C)C)N(C(C)C)C2=O)cc1[N+](=O)[O-]. The van der Waals surface area contributed by atoms with E-state index in [1.807, 2.05) is 27.7 Å². The van der Waals surface area contributed by atoms with Crippen molar-refractivity contribution in [3.05, 3.63) is 38.8 Å². The zero-order chi connectivity index (χ0) is 18.7. The number of hydrogen-bond acceptors (Lipinski definition) is 6. The predicted molar refractivity (Wildman–Crippen MR) is 99.8 cm³/mol. The summed E-state index contributed by atoms with van der Waals surface area (Å²) in [4.78, 5) is 30.0. The summed E-state index contributed by atoms with van der Waals surface area (Å²) in [7, 11) is 1.38. The van der Waals surface area contributed by atoms with E-state index in [0.717, 1.165) is 0 Å². The second-order valence-electron chi connectivity index (χ2n) is 6.07. The summed E-state index contributed by atoms with van der Waals surface area (Å²) in [5.41, 5.74) is 0.432. The van der Waals surface area contributed by atoms with Gasteiger partial charge in [-0.1, -0.05) is 6.07 Å². The van der Waals surface area contributed by atoms with E-state index in [1.165, 1.54) is 31.0 Å². The van der Waals surface area contributed by atoms with Gasteiger partial charge in [-0.05, 0) is 57.2 Å². The molecule has 1 fully saturated rings. The topological polar surface area (TPSA) is 85.0 Å². The zero-order valence-electron chi connectivity index (χ0n) is 14.8. The van der Waals surface area contributed by atoms with Crippen LogP contribution in [-0.2, 0) is 4.79 Å². The van der Waals surface area contributed by atoms with Crippen LogP contribution in [0.2, 0.25) is 0 Å². The van der Waals surface area contributed by atoms with Gasteiger partial charge in [-0.15, -0.1) is 0 Å². The van der Waals surface area contributed by atoms with Gasteiger partial charge in [0.15, 0.2) is 10.9 Å². The van der Waals surface area contributed by atoms with Crippen molar-refractivity contribution in [1.29, 1.82) is 0 Å². The molecule has 0 saturated carbocycles. The molecule has 0 bridgehead atoms. The third kappa shape index (κ3) is 4.19. The van der Waals surface area contributed by atoms with E-state index in [1.54, 1.807) is 17.0 Å². The molecule has 134 valence electrons. The fourth-order valence-electron chi connectivity index (χ4n) is 2.34. The number of methoxy groups -OCH3 is 1. The van der Waals surface area contributed by atoms with Gasteiger partial charge in [-0.25, -0.2) is 0 Å². The molecule has 0 aromatic heterocycles. The van der Waals surface area contributed by atoms with Crippen molar-refractivity contribution in [3.63, 3.8) is 0 Å². The van der Waals surface area contributed by atoms with Crippen LogP contribution in [0.1, 0.15) is 33.3 Å². The lowest BCUT2D eigenvalue weighted by Gasteiger charge is -2.20. The number of amidine groups is 1. The van der Waals surface area contributed by atoms with E-state index < -0.39 is 4.92 Å². The fourth-order valence-corrected chi connectivity index (χ4v) is 3.58. The lowest BCUT2D eigenvalue weighted by molar-refractivity contribution is -0.385. The van der Waals surface area contributed by atoms with Crippen molar-refractivity contribution < 1.29 is 14.5 Å². The van der Waals surface area contributed by atoms with Crippen LogP contribution >= 0.6 is 11.8 Å². The Bertz CT molecular complexity index is 756. The summed E-state index contributed by atoms with van der Waals surface area (Å²) in [5.74, 6) is 0.0429. The molecule has 1 aliphatic rings. The van der Waals surface area contributed by atoms with Crippen LogP contribution in [0.15, 0.2) is 28.1 Å². The molecule has 0 atom stereocenters. The maximum absolute atomic E-state index is 12.7. The summed E-state index contributed by atoms with van der Waals surface area (Å²) in [6.07, 6.45) is 1.65. The first kappa shape index (κ1) is 19.0. The number of thioether (sulfide) groups is 1. The summed E-state index contributed by atoms with van der Waals surface area (Å²) in [6.45, 7) is 7.75. The van der Waals surface area contributed by atoms with Crippen LogP contribution in [0.25, 0.3) is 6.08 Å². The molecular formula is C17H21N3O4S. The number of carbonyl (C=O) groups excluding carboxylic acids is 1. The smallest absolute Gasteiger partial charge is 0.311 e. The monoisotopic (exact) mass is 363 g/mol. The molecule has 0 N–H and O–H groups in total.